The topological polar surface area (TPSA) is 73.2 Å². The summed E-state index contributed by atoms with van der Waals surface area (Å²) in [7, 11) is 0. The SMILES string of the molecule is CC(C)OC(=O)Cn1c(C(C)NC(=O)/C=C\c2ccccc2)nc2ccccc21. The van der Waals surface area contributed by atoms with Crippen LogP contribution in [0.1, 0.15) is 38.2 Å². The van der Waals surface area contributed by atoms with E-state index in [0.29, 0.717) is 5.82 Å². The van der Waals surface area contributed by atoms with E-state index in [0.717, 1.165) is 16.6 Å². The minimum Gasteiger partial charge on any atom is -0.462 e. The molecule has 0 saturated heterocycles. The van der Waals surface area contributed by atoms with Gasteiger partial charge in [-0.2, -0.15) is 0 Å². The van der Waals surface area contributed by atoms with E-state index in [1.807, 2.05) is 75.4 Å². The Kier molecular flexibility index (Phi) is 6.44. The number of benzene rings is 2. The van der Waals surface area contributed by atoms with Gasteiger partial charge in [0.1, 0.15) is 12.4 Å². The molecule has 0 bridgehead atoms. The smallest absolute Gasteiger partial charge is 0.326 e. The van der Waals surface area contributed by atoms with Crippen molar-refractivity contribution in [1.82, 2.24) is 14.9 Å². The third-order valence-corrected chi connectivity index (χ3v) is 4.31. The number of ether oxygens (including phenoxy) is 1. The monoisotopic (exact) mass is 391 g/mol. The number of carbonyl (C=O) groups excluding carboxylic acids is 2. The molecule has 0 aliphatic rings. The summed E-state index contributed by atoms with van der Waals surface area (Å²) in [5.74, 6) is 0.0324. The molecule has 1 N–H and O–H groups in total. The van der Waals surface area contributed by atoms with Crippen molar-refractivity contribution < 1.29 is 14.3 Å². The van der Waals surface area contributed by atoms with Crippen LogP contribution in [-0.2, 0) is 20.9 Å². The Morgan fingerprint density at radius 1 is 1.07 bits per heavy atom. The number of amides is 1. The summed E-state index contributed by atoms with van der Waals surface area (Å²) in [4.78, 5) is 29.3. The molecule has 0 fully saturated rings. The number of carbonyl (C=O) groups is 2. The van der Waals surface area contributed by atoms with Gasteiger partial charge in [0.25, 0.3) is 0 Å². The zero-order valence-electron chi connectivity index (χ0n) is 16.8. The lowest BCUT2D eigenvalue weighted by Crippen LogP contribution is -2.28. The molecule has 3 aromatic rings. The van der Waals surface area contributed by atoms with Crippen LogP contribution in [-0.4, -0.2) is 27.5 Å². The minimum absolute atomic E-state index is 0.0358. The molecule has 1 unspecified atom stereocenters. The summed E-state index contributed by atoms with van der Waals surface area (Å²) in [6, 6.07) is 16.8. The van der Waals surface area contributed by atoms with Gasteiger partial charge in [0.2, 0.25) is 5.91 Å². The first-order valence-electron chi connectivity index (χ1n) is 9.62. The van der Waals surface area contributed by atoms with E-state index in [1.165, 1.54) is 6.08 Å². The number of imidazole rings is 1. The molecule has 0 saturated carbocycles. The van der Waals surface area contributed by atoms with Crippen molar-refractivity contribution in [2.45, 2.75) is 39.5 Å². The fourth-order valence-electron chi connectivity index (χ4n) is 3.08. The van der Waals surface area contributed by atoms with Crippen molar-refractivity contribution in [3.8, 4) is 0 Å². The van der Waals surface area contributed by atoms with Gasteiger partial charge in [0.05, 0.1) is 23.2 Å². The third-order valence-electron chi connectivity index (χ3n) is 4.31. The van der Waals surface area contributed by atoms with Crippen molar-refractivity contribution in [1.29, 1.82) is 0 Å². The normalized spacial score (nSPS) is 12.4. The summed E-state index contributed by atoms with van der Waals surface area (Å²) in [5.41, 5.74) is 2.53. The fourth-order valence-corrected chi connectivity index (χ4v) is 3.08. The number of para-hydroxylation sites is 2. The average Bonchev–Trinajstić information content (AvgIpc) is 3.05. The van der Waals surface area contributed by atoms with Crippen LogP contribution in [0, 0.1) is 0 Å². The highest BCUT2D eigenvalue weighted by Crippen LogP contribution is 2.21. The highest BCUT2D eigenvalue weighted by molar-refractivity contribution is 5.92. The second kappa shape index (κ2) is 9.19. The van der Waals surface area contributed by atoms with Gasteiger partial charge in [-0.3, -0.25) is 9.59 Å². The number of nitrogens with one attached hydrogen (secondary N) is 1. The van der Waals surface area contributed by atoms with Crippen molar-refractivity contribution in [2.75, 3.05) is 0 Å². The van der Waals surface area contributed by atoms with Gasteiger partial charge in [0.15, 0.2) is 0 Å². The largest absolute Gasteiger partial charge is 0.462 e. The molecule has 3 rings (SSSR count). The molecular formula is C23H25N3O3. The first-order chi connectivity index (χ1) is 13.9. The maximum atomic E-state index is 12.4. The number of nitrogens with zero attached hydrogens (tertiary/aromatic N) is 2. The summed E-state index contributed by atoms with van der Waals surface area (Å²) in [6.45, 7) is 5.51. The van der Waals surface area contributed by atoms with Gasteiger partial charge in [-0.1, -0.05) is 42.5 Å². The molecule has 1 amide bonds. The number of fused-ring (bicyclic) bond motifs is 1. The first kappa shape index (κ1) is 20.3. The van der Waals surface area contributed by atoms with Crippen molar-refractivity contribution in [2.24, 2.45) is 0 Å². The molecule has 150 valence electrons. The average molecular weight is 391 g/mol. The molecule has 6 heteroatoms. The number of hydrogen-bond acceptors (Lipinski definition) is 4. The molecule has 0 aliphatic heterocycles. The highest BCUT2D eigenvalue weighted by atomic mass is 16.5. The second-order valence-electron chi connectivity index (χ2n) is 7.06. The van der Waals surface area contributed by atoms with Gasteiger partial charge < -0.3 is 14.6 Å². The lowest BCUT2D eigenvalue weighted by Gasteiger charge is -2.16. The van der Waals surface area contributed by atoms with Gasteiger partial charge in [-0.05, 0) is 44.5 Å². The number of hydrogen-bond donors (Lipinski definition) is 1. The predicted octanol–water partition coefficient (Wildman–Crippen LogP) is 3.88. The zero-order chi connectivity index (χ0) is 20.8. The van der Waals surface area contributed by atoms with E-state index in [1.54, 1.807) is 10.6 Å². The second-order valence-corrected chi connectivity index (χ2v) is 7.06. The molecule has 6 nitrogen and oxygen atoms in total. The quantitative estimate of drug-likeness (QED) is 0.490. The van der Waals surface area contributed by atoms with Crippen LogP contribution in [0.4, 0.5) is 0 Å². The zero-order valence-corrected chi connectivity index (χ0v) is 16.8. The van der Waals surface area contributed by atoms with Crippen molar-refractivity contribution in [3.63, 3.8) is 0 Å². The number of rotatable bonds is 7. The van der Waals surface area contributed by atoms with Crippen LogP contribution in [0.3, 0.4) is 0 Å². The Morgan fingerprint density at radius 2 is 1.76 bits per heavy atom. The third kappa shape index (κ3) is 5.31. The van der Waals surface area contributed by atoms with Crippen molar-refractivity contribution in [3.05, 3.63) is 72.1 Å². The maximum absolute atomic E-state index is 12.4. The Labute approximate surface area is 170 Å². The lowest BCUT2D eigenvalue weighted by atomic mass is 10.2. The van der Waals surface area contributed by atoms with E-state index in [4.69, 9.17) is 4.74 Å². The highest BCUT2D eigenvalue weighted by Gasteiger charge is 2.20. The molecular weight excluding hydrogens is 366 g/mol. The first-order valence-corrected chi connectivity index (χ1v) is 9.62. The number of esters is 1. The maximum Gasteiger partial charge on any atom is 0.326 e. The molecule has 0 radical (unpaired) electrons. The minimum atomic E-state index is -0.387. The van der Waals surface area contributed by atoms with Crippen LogP contribution >= 0.6 is 0 Å². The molecule has 0 aliphatic carbocycles. The van der Waals surface area contributed by atoms with Crippen LogP contribution in [0.25, 0.3) is 17.1 Å². The predicted molar refractivity (Wildman–Crippen MR) is 113 cm³/mol. The van der Waals surface area contributed by atoms with E-state index in [9.17, 15) is 9.59 Å². The van der Waals surface area contributed by atoms with E-state index >= 15 is 0 Å². The molecule has 29 heavy (non-hydrogen) atoms. The van der Waals surface area contributed by atoms with E-state index in [-0.39, 0.29) is 30.6 Å². The summed E-state index contributed by atoms with van der Waals surface area (Å²) in [6.07, 6.45) is 3.05. The van der Waals surface area contributed by atoms with Crippen molar-refractivity contribution >= 4 is 29.0 Å². The summed E-state index contributed by atoms with van der Waals surface area (Å²) in [5, 5.41) is 2.92. The van der Waals surface area contributed by atoms with Gasteiger partial charge >= 0.3 is 5.97 Å². The summed E-state index contributed by atoms with van der Waals surface area (Å²) >= 11 is 0. The Morgan fingerprint density at radius 3 is 2.48 bits per heavy atom. The van der Waals surface area contributed by atoms with E-state index in [2.05, 4.69) is 10.3 Å². The van der Waals surface area contributed by atoms with Gasteiger partial charge in [-0.15, -0.1) is 0 Å². The van der Waals surface area contributed by atoms with Crippen LogP contribution in [0.15, 0.2) is 60.7 Å². The van der Waals surface area contributed by atoms with Gasteiger partial charge in [0, 0.05) is 6.08 Å². The summed E-state index contributed by atoms with van der Waals surface area (Å²) < 4.78 is 7.09. The van der Waals surface area contributed by atoms with E-state index < -0.39 is 0 Å². The number of aromatic nitrogens is 2. The van der Waals surface area contributed by atoms with Gasteiger partial charge in [-0.25, -0.2) is 4.98 Å². The Balaban J connectivity index is 1.80. The van der Waals surface area contributed by atoms with Crippen LogP contribution < -0.4 is 5.32 Å². The molecule has 1 atom stereocenters. The van der Waals surface area contributed by atoms with Crippen LogP contribution in [0.2, 0.25) is 0 Å². The Hall–Kier alpha value is -3.41. The fraction of sp³-hybridized carbons (Fsp3) is 0.261. The molecule has 2 aromatic carbocycles. The molecule has 1 aromatic heterocycles. The molecule has 0 spiro atoms. The standard InChI is InChI=1S/C23H25N3O3/c1-16(2)29-22(28)15-26-20-12-8-7-11-19(20)25-23(26)17(3)24-21(27)14-13-18-9-5-4-6-10-18/h4-14,16-17H,15H2,1-3H3,(H,24,27)/b14-13-. The molecule has 1 heterocycles. The lowest BCUT2D eigenvalue weighted by molar-refractivity contribution is -0.148. The Bertz CT molecular complexity index is 1020. The van der Waals surface area contributed by atoms with Crippen LogP contribution in [0.5, 0.6) is 0 Å².